The van der Waals surface area contributed by atoms with Crippen molar-refractivity contribution in [2.75, 3.05) is 0 Å². The van der Waals surface area contributed by atoms with E-state index >= 15 is 0 Å². The molecule has 1 rings (SSSR count). The van der Waals surface area contributed by atoms with Crippen molar-refractivity contribution >= 4 is 0 Å². The van der Waals surface area contributed by atoms with E-state index in [0.717, 1.165) is 6.42 Å². The van der Waals surface area contributed by atoms with E-state index in [0.29, 0.717) is 0 Å². The average molecular weight is 182 g/mol. The number of rotatable bonds is 2. The van der Waals surface area contributed by atoms with Crippen LogP contribution in [0, 0.1) is 0 Å². The van der Waals surface area contributed by atoms with E-state index in [4.69, 9.17) is 0 Å². The summed E-state index contributed by atoms with van der Waals surface area (Å²) in [5.41, 5.74) is 1.33. The second-order valence-corrected chi connectivity index (χ2v) is 1.98. The maximum absolute atomic E-state index is 3.66. The first-order valence-electron chi connectivity index (χ1n) is 3.08. The zero-order chi connectivity index (χ0) is 6.53. The summed E-state index contributed by atoms with van der Waals surface area (Å²) in [6, 6.07) is 10.3. The molecule has 11 heavy (non-hydrogen) atoms. The molecule has 0 aromatic heterocycles. The van der Waals surface area contributed by atoms with Gasteiger partial charge < -0.3 is 2.85 Å². The summed E-state index contributed by atoms with van der Waals surface area (Å²) < 4.78 is 0. The van der Waals surface area contributed by atoms with Gasteiger partial charge in [0.2, 0.25) is 0 Å². The van der Waals surface area contributed by atoms with E-state index < -0.39 is 0 Å². The van der Waals surface area contributed by atoms with Gasteiger partial charge >= 0.3 is 80.9 Å². The van der Waals surface area contributed by atoms with Gasteiger partial charge in [-0.05, 0) is 12.0 Å². The quantitative estimate of drug-likeness (QED) is 0.331. The minimum atomic E-state index is 0. The molecule has 0 bridgehead atoms. The van der Waals surface area contributed by atoms with Gasteiger partial charge in [0.05, 0.1) is 0 Å². The SMILES string of the molecule is C=CCc1ccccc1.[H-].[H-].[K+].[Na+]. The van der Waals surface area contributed by atoms with Gasteiger partial charge in [0.15, 0.2) is 0 Å². The third-order valence-electron chi connectivity index (χ3n) is 1.22. The van der Waals surface area contributed by atoms with Gasteiger partial charge in [-0.3, -0.25) is 0 Å². The zero-order valence-electron chi connectivity index (χ0n) is 9.38. The maximum atomic E-state index is 3.66. The monoisotopic (exact) mass is 182 g/mol. The predicted molar refractivity (Wildman–Crippen MR) is 42.6 cm³/mol. The Morgan fingerprint density at radius 2 is 1.82 bits per heavy atom. The Kier molecular flexibility index (Phi) is 13.3. The van der Waals surface area contributed by atoms with Crippen LogP contribution in [-0.2, 0) is 6.42 Å². The zero-order valence-corrected chi connectivity index (χ0v) is 12.5. The largest absolute Gasteiger partial charge is 1.00 e. The molecule has 0 aliphatic heterocycles. The summed E-state index contributed by atoms with van der Waals surface area (Å²) in [6.07, 6.45) is 2.89. The van der Waals surface area contributed by atoms with Crippen molar-refractivity contribution in [3.63, 3.8) is 0 Å². The molecule has 1 aromatic rings. The molecule has 0 atom stereocenters. The minimum Gasteiger partial charge on any atom is -1.00 e. The Bertz CT molecular complexity index is 192. The average Bonchev–Trinajstić information content (AvgIpc) is 1.91. The third kappa shape index (κ3) is 6.73. The maximum Gasteiger partial charge on any atom is 1.00 e. The van der Waals surface area contributed by atoms with Crippen LogP contribution in [0.4, 0.5) is 0 Å². The van der Waals surface area contributed by atoms with E-state index in [1.54, 1.807) is 0 Å². The first-order chi connectivity index (χ1) is 4.43. The fraction of sp³-hybridized carbons (Fsp3) is 0.111. The van der Waals surface area contributed by atoms with Gasteiger partial charge in [0, 0.05) is 0 Å². The molecule has 0 heterocycles. The van der Waals surface area contributed by atoms with Crippen molar-refractivity contribution in [1.82, 2.24) is 0 Å². The fourth-order valence-electron chi connectivity index (χ4n) is 0.781. The molecule has 1 aromatic carbocycles. The van der Waals surface area contributed by atoms with Gasteiger partial charge in [-0.2, -0.15) is 0 Å². The van der Waals surface area contributed by atoms with Crippen molar-refractivity contribution in [3.05, 3.63) is 48.6 Å². The van der Waals surface area contributed by atoms with Crippen LogP contribution in [0.2, 0.25) is 0 Å². The van der Waals surface area contributed by atoms with E-state index in [-0.39, 0.29) is 83.8 Å². The summed E-state index contributed by atoms with van der Waals surface area (Å²) in [5.74, 6) is 0. The molecule has 50 valence electrons. The summed E-state index contributed by atoms with van der Waals surface area (Å²) in [5, 5.41) is 0. The van der Waals surface area contributed by atoms with Crippen LogP contribution >= 0.6 is 0 Å². The minimum absolute atomic E-state index is 0. The van der Waals surface area contributed by atoms with Crippen LogP contribution < -0.4 is 80.9 Å². The fourth-order valence-corrected chi connectivity index (χ4v) is 0.781. The topological polar surface area (TPSA) is 0 Å². The van der Waals surface area contributed by atoms with E-state index in [2.05, 4.69) is 18.7 Å². The molecule has 2 heteroatoms. The molecular formula is C9H12KNa. The molecule has 0 N–H and O–H groups in total. The van der Waals surface area contributed by atoms with Crippen LogP contribution in [0.25, 0.3) is 0 Å². The van der Waals surface area contributed by atoms with Crippen molar-refractivity contribution in [1.29, 1.82) is 0 Å². The standard InChI is InChI=1S/C9H10.K.Na.2H/c1-2-6-9-7-4-3-5-8-9;;;;/h2-5,7-8H,1,6H2;;;;/q;2*+1;2*-1. The molecule has 0 saturated heterocycles. The van der Waals surface area contributed by atoms with E-state index in [9.17, 15) is 0 Å². The van der Waals surface area contributed by atoms with Crippen molar-refractivity contribution in [2.45, 2.75) is 6.42 Å². The van der Waals surface area contributed by atoms with E-state index in [1.165, 1.54) is 5.56 Å². The second kappa shape index (κ2) is 9.68. The summed E-state index contributed by atoms with van der Waals surface area (Å²) in [4.78, 5) is 0. The molecular weight excluding hydrogens is 170 g/mol. The number of benzene rings is 1. The normalized spacial score (nSPS) is 7.27. The van der Waals surface area contributed by atoms with E-state index in [1.807, 2.05) is 24.3 Å². The van der Waals surface area contributed by atoms with Gasteiger partial charge in [-0.25, -0.2) is 0 Å². The van der Waals surface area contributed by atoms with Crippen LogP contribution in [0.1, 0.15) is 8.42 Å². The molecule has 0 saturated carbocycles. The van der Waals surface area contributed by atoms with Crippen LogP contribution in [-0.4, -0.2) is 0 Å². The van der Waals surface area contributed by atoms with Crippen molar-refractivity contribution in [3.8, 4) is 0 Å². The predicted octanol–water partition coefficient (Wildman–Crippen LogP) is -3.35. The number of hydrogen-bond acceptors (Lipinski definition) is 0. The van der Waals surface area contributed by atoms with Gasteiger partial charge in [-0.1, -0.05) is 36.4 Å². The smallest absolute Gasteiger partial charge is 1.00 e. The molecule has 0 radical (unpaired) electrons. The Morgan fingerprint density at radius 1 is 1.27 bits per heavy atom. The second-order valence-electron chi connectivity index (χ2n) is 1.98. The summed E-state index contributed by atoms with van der Waals surface area (Å²) >= 11 is 0. The van der Waals surface area contributed by atoms with Crippen LogP contribution in [0.5, 0.6) is 0 Å². The molecule has 0 amide bonds. The molecule has 0 fully saturated rings. The molecule has 0 unspecified atom stereocenters. The number of hydrogen-bond donors (Lipinski definition) is 0. The third-order valence-corrected chi connectivity index (χ3v) is 1.22. The number of allylic oxidation sites excluding steroid dienone is 1. The Hall–Kier alpha value is 1.60. The summed E-state index contributed by atoms with van der Waals surface area (Å²) in [6.45, 7) is 3.66. The Labute approximate surface area is 136 Å². The first-order valence-corrected chi connectivity index (χ1v) is 3.08. The van der Waals surface area contributed by atoms with Crippen molar-refractivity contribution in [2.24, 2.45) is 0 Å². The molecule has 0 nitrogen and oxygen atoms in total. The van der Waals surface area contributed by atoms with Gasteiger partial charge in [0.1, 0.15) is 0 Å². The molecule has 0 aliphatic rings. The van der Waals surface area contributed by atoms with Gasteiger partial charge in [-0.15, -0.1) is 6.58 Å². The van der Waals surface area contributed by atoms with Crippen molar-refractivity contribution < 1.29 is 83.8 Å². The first kappa shape index (κ1) is 15.1. The Morgan fingerprint density at radius 3 is 2.27 bits per heavy atom. The van der Waals surface area contributed by atoms with Crippen LogP contribution in [0.3, 0.4) is 0 Å². The Balaban J connectivity index is -0.000000101. The molecule has 0 spiro atoms. The van der Waals surface area contributed by atoms with Crippen LogP contribution in [0.15, 0.2) is 43.0 Å². The van der Waals surface area contributed by atoms with Gasteiger partial charge in [0.25, 0.3) is 0 Å². The summed E-state index contributed by atoms with van der Waals surface area (Å²) in [7, 11) is 0. The molecule has 0 aliphatic carbocycles.